The van der Waals surface area contributed by atoms with Gasteiger partial charge < -0.3 is 14.7 Å². The van der Waals surface area contributed by atoms with Crippen molar-refractivity contribution < 1.29 is 9.84 Å². The standard InChI is InChI=1S/C12H19N3O2/c1-9-7-15(4-3-5-17-9)12-13-6-11(8-16)10(2)14-12/h6,9,16H,3-5,7-8H2,1-2H3. The van der Waals surface area contributed by atoms with Gasteiger partial charge in [-0.05, 0) is 20.3 Å². The SMILES string of the molecule is Cc1nc(N2CCCOC(C)C2)ncc1CO. The van der Waals surface area contributed by atoms with Gasteiger partial charge in [-0.3, -0.25) is 0 Å². The lowest BCUT2D eigenvalue weighted by molar-refractivity contribution is 0.0820. The van der Waals surface area contributed by atoms with E-state index in [0.717, 1.165) is 43.3 Å². The summed E-state index contributed by atoms with van der Waals surface area (Å²) < 4.78 is 5.59. The van der Waals surface area contributed by atoms with E-state index in [-0.39, 0.29) is 12.7 Å². The quantitative estimate of drug-likeness (QED) is 0.828. The number of ether oxygens (including phenoxy) is 1. The molecule has 1 N–H and O–H groups in total. The number of aromatic nitrogens is 2. The van der Waals surface area contributed by atoms with E-state index in [1.807, 2.05) is 6.92 Å². The topological polar surface area (TPSA) is 58.5 Å². The summed E-state index contributed by atoms with van der Waals surface area (Å²) in [5.74, 6) is 0.733. The molecule has 1 unspecified atom stereocenters. The minimum absolute atomic E-state index is 0.00831. The minimum Gasteiger partial charge on any atom is -0.392 e. The first kappa shape index (κ1) is 12.3. The van der Waals surface area contributed by atoms with E-state index in [1.165, 1.54) is 0 Å². The van der Waals surface area contributed by atoms with Crippen molar-refractivity contribution in [1.29, 1.82) is 0 Å². The highest BCUT2D eigenvalue weighted by atomic mass is 16.5. The summed E-state index contributed by atoms with van der Waals surface area (Å²) in [4.78, 5) is 10.9. The zero-order chi connectivity index (χ0) is 12.3. The molecular formula is C12H19N3O2. The lowest BCUT2D eigenvalue weighted by Crippen LogP contribution is -2.31. The molecule has 2 rings (SSSR count). The predicted molar refractivity (Wildman–Crippen MR) is 64.9 cm³/mol. The summed E-state index contributed by atoms with van der Waals surface area (Å²) in [6.45, 7) is 6.49. The largest absolute Gasteiger partial charge is 0.392 e. The Kier molecular flexibility index (Phi) is 3.91. The van der Waals surface area contributed by atoms with Crippen LogP contribution in [0.2, 0.25) is 0 Å². The molecule has 94 valence electrons. The third-order valence-electron chi connectivity index (χ3n) is 2.97. The minimum atomic E-state index is -0.00831. The van der Waals surface area contributed by atoms with Crippen molar-refractivity contribution in [3.05, 3.63) is 17.5 Å². The van der Waals surface area contributed by atoms with Crippen LogP contribution in [0.25, 0.3) is 0 Å². The fourth-order valence-corrected chi connectivity index (χ4v) is 1.96. The van der Waals surface area contributed by atoms with E-state index in [4.69, 9.17) is 9.84 Å². The zero-order valence-electron chi connectivity index (χ0n) is 10.4. The maximum atomic E-state index is 9.09. The Labute approximate surface area is 101 Å². The van der Waals surface area contributed by atoms with Crippen LogP contribution in [-0.4, -0.2) is 40.9 Å². The molecule has 2 heterocycles. The van der Waals surface area contributed by atoms with Crippen molar-refractivity contribution in [2.24, 2.45) is 0 Å². The molecule has 5 heteroatoms. The van der Waals surface area contributed by atoms with Gasteiger partial charge in [-0.15, -0.1) is 0 Å². The Balaban J connectivity index is 2.17. The smallest absolute Gasteiger partial charge is 0.225 e. The van der Waals surface area contributed by atoms with Crippen LogP contribution >= 0.6 is 0 Å². The highest BCUT2D eigenvalue weighted by molar-refractivity contribution is 5.33. The molecule has 1 aromatic heterocycles. The van der Waals surface area contributed by atoms with Gasteiger partial charge in [0, 0.05) is 37.2 Å². The number of rotatable bonds is 2. The van der Waals surface area contributed by atoms with Crippen LogP contribution in [-0.2, 0) is 11.3 Å². The molecule has 0 aliphatic carbocycles. The number of aliphatic hydroxyl groups excluding tert-OH is 1. The third-order valence-corrected chi connectivity index (χ3v) is 2.97. The molecule has 0 amide bonds. The summed E-state index contributed by atoms with van der Waals surface area (Å²) in [6, 6.07) is 0. The average Bonchev–Trinajstić information content (AvgIpc) is 2.54. The van der Waals surface area contributed by atoms with Gasteiger partial charge in [-0.2, -0.15) is 0 Å². The summed E-state index contributed by atoms with van der Waals surface area (Å²) in [7, 11) is 0. The third kappa shape index (κ3) is 2.92. The van der Waals surface area contributed by atoms with Crippen molar-refractivity contribution >= 4 is 5.95 Å². The molecule has 5 nitrogen and oxygen atoms in total. The molecule has 17 heavy (non-hydrogen) atoms. The van der Waals surface area contributed by atoms with Gasteiger partial charge in [-0.25, -0.2) is 9.97 Å². The maximum Gasteiger partial charge on any atom is 0.225 e. The summed E-state index contributed by atoms with van der Waals surface area (Å²) in [5.41, 5.74) is 1.63. The van der Waals surface area contributed by atoms with E-state index >= 15 is 0 Å². The number of aliphatic hydroxyl groups is 1. The normalized spacial score (nSPS) is 21.4. The molecule has 0 radical (unpaired) electrons. The second kappa shape index (κ2) is 5.42. The summed E-state index contributed by atoms with van der Waals surface area (Å²) >= 11 is 0. The first-order valence-corrected chi connectivity index (χ1v) is 6.00. The van der Waals surface area contributed by atoms with Gasteiger partial charge in [0.2, 0.25) is 5.95 Å². The molecule has 1 aliphatic rings. The molecule has 1 aromatic rings. The van der Waals surface area contributed by atoms with Gasteiger partial charge in [0.15, 0.2) is 0 Å². The molecule has 0 spiro atoms. The van der Waals surface area contributed by atoms with E-state index in [2.05, 4.69) is 21.8 Å². The lowest BCUT2D eigenvalue weighted by Gasteiger charge is -2.22. The second-order valence-corrected chi connectivity index (χ2v) is 4.42. The van der Waals surface area contributed by atoms with Crippen molar-refractivity contribution in [2.75, 3.05) is 24.6 Å². The number of hydrogen-bond acceptors (Lipinski definition) is 5. The Morgan fingerprint density at radius 3 is 3.12 bits per heavy atom. The number of nitrogens with zero attached hydrogens (tertiary/aromatic N) is 3. The van der Waals surface area contributed by atoms with Crippen molar-refractivity contribution in [3.63, 3.8) is 0 Å². The van der Waals surface area contributed by atoms with Gasteiger partial charge >= 0.3 is 0 Å². The predicted octanol–water partition coefficient (Wildman–Crippen LogP) is 0.893. The van der Waals surface area contributed by atoms with Crippen LogP contribution < -0.4 is 4.90 Å². The second-order valence-electron chi connectivity index (χ2n) is 4.42. The monoisotopic (exact) mass is 237 g/mol. The number of hydrogen-bond donors (Lipinski definition) is 1. The van der Waals surface area contributed by atoms with E-state index in [1.54, 1.807) is 6.20 Å². The van der Waals surface area contributed by atoms with Crippen molar-refractivity contribution in [1.82, 2.24) is 9.97 Å². The van der Waals surface area contributed by atoms with Crippen LogP contribution in [0.3, 0.4) is 0 Å². The fourth-order valence-electron chi connectivity index (χ4n) is 1.96. The molecule has 1 saturated heterocycles. The Morgan fingerprint density at radius 2 is 2.41 bits per heavy atom. The van der Waals surface area contributed by atoms with Crippen molar-refractivity contribution in [3.8, 4) is 0 Å². The molecule has 1 aliphatic heterocycles. The van der Waals surface area contributed by atoms with E-state index in [9.17, 15) is 0 Å². The van der Waals surface area contributed by atoms with Gasteiger partial charge in [0.1, 0.15) is 0 Å². The van der Waals surface area contributed by atoms with E-state index < -0.39 is 0 Å². The highest BCUT2D eigenvalue weighted by Crippen LogP contribution is 2.15. The maximum absolute atomic E-state index is 9.09. The Bertz CT molecular complexity index is 384. The summed E-state index contributed by atoms with van der Waals surface area (Å²) in [5, 5.41) is 9.09. The molecular weight excluding hydrogens is 218 g/mol. The average molecular weight is 237 g/mol. The van der Waals surface area contributed by atoms with Crippen LogP contribution in [0.5, 0.6) is 0 Å². The fraction of sp³-hybridized carbons (Fsp3) is 0.667. The Morgan fingerprint density at radius 1 is 1.59 bits per heavy atom. The Hall–Kier alpha value is -1.20. The van der Waals surface area contributed by atoms with Crippen LogP contribution in [0.15, 0.2) is 6.20 Å². The van der Waals surface area contributed by atoms with E-state index in [0.29, 0.717) is 0 Å². The van der Waals surface area contributed by atoms with Crippen LogP contribution in [0.4, 0.5) is 5.95 Å². The molecule has 1 fully saturated rings. The molecule has 0 bridgehead atoms. The summed E-state index contributed by atoms with van der Waals surface area (Å²) in [6.07, 6.45) is 2.90. The molecule has 0 aromatic carbocycles. The van der Waals surface area contributed by atoms with Crippen molar-refractivity contribution in [2.45, 2.75) is 33.0 Å². The van der Waals surface area contributed by atoms with Gasteiger partial charge in [0.25, 0.3) is 0 Å². The van der Waals surface area contributed by atoms with Crippen LogP contribution in [0, 0.1) is 6.92 Å². The first-order chi connectivity index (χ1) is 8.20. The first-order valence-electron chi connectivity index (χ1n) is 6.00. The number of anilines is 1. The number of aryl methyl sites for hydroxylation is 1. The highest BCUT2D eigenvalue weighted by Gasteiger charge is 2.17. The molecule has 0 saturated carbocycles. The van der Waals surface area contributed by atoms with Crippen LogP contribution in [0.1, 0.15) is 24.6 Å². The van der Waals surface area contributed by atoms with Gasteiger partial charge in [-0.1, -0.05) is 0 Å². The zero-order valence-corrected chi connectivity index (χ0v) is 10.4. The van der Waals surface area contributed by atoms with Gasteiger partial charge in [0.05, 0.1) is 12.7 Å². The molecule has 1 atom stereocenters. The lowest BCUT2D eigenvalue weighted by atomic mass is 10.2.